The second-order valence-corrected chi connectivity index (χ2v) is 9.56. The van der Waals surface area contributed by atoms with Crippen molar-refractivity contribution in [1.82, 2.24) is 4.90 Å². The molecule has 0 radical (unpaired) electrons. The van der Waals surface area contributed by atoms with Gasteiger partial charge in [-0.3, -0.25) is 24.1 Å². The van der Waals surface area contributed by atoms with Crippen LogP contribution in [0.15, 0.2) is 97.1 Å². The Kier molecular flexibility index (Phi) is 8.05. The topological polar surface area (TPSA) is 96.0 Å². The number of anilines is 2. The molecule has 1 aliphatic heterocycles. The highest BCUT2D eigenvalue weighted by atomic mass is 19.1. The molecule has 0 unspecified atom stereocenters. The van der Waals surface area contributed by atoms with Crippen LogP contribution in [-0.4, -0.2) is 42.1 Å². The van der Waals surface area contributed by atoms with Crippen LogP contribution in [0.2, 0.25) is 0 Å². The number of benzene rings is 4. The molecule has 8 nitrogen and oxygen atoms in total. The maximum absolute atomic E-state index is 14.0. The summed E-state index contributed by atoms with van der Waals surface area (Å²) in [5, 5.41) is 2.78. The number of carbonyl (C=O) groups is 4. The summed E-state index contributed by atoms with van der Waals surface area (Å²) in [6.45, 7) is -0.703. The third kappa shape index (κ3) is 5.87. The molecule has 212 valence electrons. The third-order valence-corrected chi connectivity index (χ3v) is 6.86. The van der Waals surface area contributed by atoms with Crippen LogP contribution in [0, 0.1) is 11.6 Å². The quantitative estimate of drug-likeness (QED) is 0.289. The molecule has 1 atom stereocenters. The Hall–Kier alpha value is -5.38. The zero-order chi connectivity index (χ0) is 29.8. The monoisotopic (exact) mass is 569 g/mol. The van der Waals surface area contributed by atoms with Gasteiger partial charge in [0.2, 0.25) is 5.91 Å². The lowest BCUT2D eigenvalue weighted by molar-refractivity contribution is -0.139. The van der Waals surface area contributed by atoms with E-state index in [1.54, 1.807) is 42.5 Å². The van der Waals surface area contributed by atoms with Crippen molar-refractivity contribution < 1.29 is 32.7 Å². The number of amides is 3. The highest BCUT2D eigenvalue weighted by molar-refractivity contribution is 6.52. The number of ether oxygens (including phenoxy) is 1. The van der Waals surface area contributed by atoms with Crippen LogP contribution in [0.5, 0.6) is 5.75 Å². The number of hydrogen-bond acceptors (Lipinski definition) is 5. The zero-order valence-corrected chi connectivity index (χ0v) is 22.4. The first kappa shape index (κ1) is 28.2. The van der Waals surface area contributed by atoms with Crippen LogP contribution in [0.3, 0.4) is 0 Å². The number of Topliss-reactive ketones (excluding diaryl/α,β-unsaturated/α-hetero) is 1. The molecule has 42 heavy (non-hydrogen) atoms. The molecular formula is C32H25F2N3O5. The summed E-state index contributed by atoms with van der Waals surface area (Å²) >= 11 is 0. The number of nitrogens with zero attached hydrogens (tertiary/aromatic N) is 2. The summed E-state index contributed by atoms with van der Waals surface area (Å²) in [6, 6.07) is 22.1. The van der Waals surface area contributed by atoms with Gasteiger partial charge in [-0.05, 0) is 71.8 Å². The number of methoxy groups -OCH3 is 1. The van der Waals surface area contributed by atoms with E-state index in [1.807, 2.05) is 0 Å². The summed E-state index contributed by atoms with van der Waals surface area (Å²) in [4.78, 5) is 55.6. The van der Waals surface area contributed by atoms with Gasteiger partial charge in [0.15, 0.2) is 0 Å². The molecule has 10 heteroatoms. The summed E-state index contributed by atoms with van der Waals surface area (Å²) in [7, 11) is 1.51. The first-order valence-corrected chi connectivity index (χ1v) is 12.9. The minimum absolute atomic E-state index is 0.158. The molecule has 0 saturated carbocycles. The second-order valence-electron chi connectivity index (χ2n) is 9.56. The van der Waals surface area contributed by atoms with Gasteiger partial charge in [0.25, 0.3) is 17.6 Å². The molecule has 0 aliphatic carbocycles. The number of hydrogen-bond donors (Lipinski definition) is 1. The Morgan fingerprint density at radius 2 is 1.48 bits per heavy atom. The lowest BCUT2D eigenvalue weighted by Gasteiger charge is -2.33. The standard InChI is InChI=1S/C32H25F2N3O5/c1-42-25-16-14-24(15-17-25)35-31(40)29(21-8-12-23(34)13-9-21)37(18-20-6-10-22(33)11-7-20)28(38)19-36-27-5-3-2-4-26(27)30(39)32(36)41/h2-17,29H,18-19H2,1H3,(H,35,40)/t29-/m1/s1. The average Bonchev–Trinajstić information content (AvgIpc) is 3.24. The van der Waals surface area contributed by atoms with Gasteiger partial charge < -0.3 is 15.0 Å². The van der Waals surface area contributed by atoms with Crippen molar-refractivity contribution in [2.45, 2.75) is 12.6 Å². The van der Waals surface area contributed by atoms with Crippen molar-refractivity contribution >= 4 is 34.9 Å². The first-order valence-electron chi connectivity index (χ1n) is 12.9. The molecule has 1 aliphatic rings. The molecule has 4 aromatic carbocycles. The van der Waals surface area contributed by atoms with Crippen LogP contribution >= 0.6 is 0 Å². The van der Waals surface area contributed by atoms with E-state index in [0.29, 0.717) is 22.6 Å². The van der Waals surface area contributed by atoms with Gasteiger partial charge in [-0.2, -0.15) is 0 Å². The van der Waals surface area contributed by atoms with Crippen molar-refractivity contribution in [2.75, 3.05) is 23.9 Å². The molecule has 0 bridgehead atoms. The molecule has 4 aromatic rings. The highest BCUT2D eigenvalue weighted by Gasteiger charge is 2.39. The predicted octanol–water partition coefficient (Wildman–Crippen LogP) is 4.91. The molecular weight excluding hydrogens is 544 g/mol. The van der Waals surface area contributed by atoms with Crippen LogP contribution in [0.25, 0.3) is 0 Å². The number of fused-ring (bicyclic) bond motifs is 1. The molecule has 5 rings (SSSR count). The molecule has 0 fully saturated rings. The summed E-state index contributed by atoms with van der Waals surface area (Å²) in [5.41, 5.74) is 1.66. The normalized spacial score (nSPS) is 13.0. The lowest BCUT2D eigenvalue weighted by atomic mass is 10.0. The third-order valence-electron chi connectivity index (χ3n) is 6.86. The Labute approximate surface area is 240 Å². The summed E-state index contributed by atoms with van der Waals surface area (Å²) in [5.74, 6) is -3.35. The number of nitrogens with one attached hydrogen (secondary N) is 1. The smallest absolute Gasteiger partial charge is 0.299 e. The highest BCUT2D eigenvalue weighted by Crippen LogP contribution is 2.31. The predicted molar refractivity (Wildman–Crippen MR) is 151 cm³/mol. The minimum Gasteiger partial charge on any atom is -0.497 e. The van der Waals surface area contributed by atoms with Crippen LogP contribution in [0.4, 0.5) is 20.2 Å². The van der Waals surface area contributed by atoms with Crippen LogP contribution in [-0.2, 0) is 20.9 Å². The van der Waals surface area contributed by atoms with Crippen molar-refractivity contribution in [3.63, 3.8) is 0 Å². The van der Waals surface area contributed by atoms with E-state index in [1.165, 1.54) is 66.6 Å². The number of ketones is 1. The Morgan fingerprint density at radius 1 is 0.857 bits per heavy atom. The van der Waals surface area contributed by atoms with Gasteiger partial charge in [-0.15, -0.1) is 0 Å². The SMILES string of the molecule is COc1ccc(NC(=O)[C@@H](c2ccc(F)cc2)N(Cc2ccc(F)cc2)C(=O)CN2C(=O)C(=O)c3ccccc32)cc1. The van der Waals surface area contributed by atoms with E-state index in [9.17, 15) is 28.0 Å². The fourth-order valence-corrected chi connectivity index (χ4v) is 4.74. The van der Waals surface area contributed by atoms with E-state index in [2.05, 4.69) is 5.32 Å². The largest absolute Gasteiger partial charge is 0.497 e. The van der Waals surface area contributed by atoms with E-state index < -0.39 is 47.7 Å². The number of carbonyl (C=O) groups excluding carboxylic acids is 4. The fraction of sp³-hybridized carbons (Fsp3) is 0.125. The maximum atomic E-state index is 14.0. The van der Waals surface area contributed by atoms with Gasteiger partial charge in [0, 0.05) is 12.2 Å². The van der Waals surface area contributed by atoms with Gasteiger partial charge in [-0.25, -0.2) is 8.78 Å². The van der Waals surface area contributed by atoms with Crippen LogP contribution < -0.4 is 15.0 Å². The Balaban J connectivity index is 1.54. The summed E-state index contributed by atoms with van der Waals surface area (Å²) < 4.78 is 32.8. The molecule has 3 amide bonds. The molecule has 1 N–H and O–H groups in total. The summed E-state index contributed by atoms with van der Waals surface area (Å²) in [6.07, 6.45) is 0. The second kappa shape index (κ2) is 12.0. The van der Waals surface area contributed by atoms with Crippen molar-refractivity contribution in [1.29, 1.82) is 0 Å². The molecule has 1 heterocycles. The number of halogens is 2. The van der Waals surface area contributed by atoms with Crippen molar-refractivity contribution in [3.05, 3.63) is 125 Å². The Morgan fingerprint density at radius 3 is 2.12 bits per heavy atom. The Bertz CT molecular complexity index is 1640. The lowest BCUT2D eigenvalue weighted by Crippen LogP contribution is -2.46. The van der Waals surface area contributed by atoms with Gasteiger partial charge in [0.1, 0.15) is 30.0 Å². The van der Waals surface area contributed by atoms with Crippen molar-refractivity contribution in [3.8, 4) is 5.75 Å². The molecule has 0 spiro atoms. The van der Waals surface area contributed by atoms with E-state index in [-0.39, 0.29) is 17.8 Å². The van der Waals surface area contributed by atoms with Crippen molar-refractivity contribution in [2.24, 2.45) is 0 Å². The zero-order valence-electron chi connectivity index (χ0n) is 22.4. The first-order chi connectivity index (χ1) is 20.2. The van der Waals surface area contributed by atoms with E-state index in [0.717, 1.165) is 4.90 Å². The fourth-order valence-electron chi connectivity index (χ4n) is 4.74. The van der Waals surface area contributed by atoms with E-state index >= 15 is 0 Å². The molecule has 0 aromatic heterocycles. The number of para-hydroxylation sites is 1. The van der Waals surface area contributed by atoms with E-state index in [4.69, 9.17) is 4.74 Å². The van der Waals surface area contributed by atoms with Gasteiger partial charge in [-0.1, -0.05) is 36.4 Å². The average molecular weight is 570 g/mol. The van der Waals surface area contributed by atoms with Gasteiger partial charge >= 0.3 is 0 Å². The van der Waals surface area contributed by atoms with Crippen LogP contribution in [0.1, 0.15) is 27.5 Å². The minimum atomic E-state index is -1.30. The number of rotatable bonds is 9. The molecule has 0 saturated heterocycles. The maximum Gasteiger partial charge on any atom is 0.299 e. The van der Waals surface area contributed by atoms with Gasteiger partial charge in [0.05, 0.1) is 18.4 Å².